The summed E-state index contributed by atoms with van der Waals surface area (Å²) < 4.78 is 52.6. The van der Waals surface area contributed by atoms with Crippen molar-refractivity contribution < 1.29 is 21.9 Å². The van der Waals surface area contributed by atoms with Gasteiger partial charge in [-0.2, -0.15) is 4.39 Å². The summed E-state index contributed by atoms with van der Waals surface area (Å²) in [6.07, 6.45) is 0. The van der Waals surface area contributed by atoms with Gasteiger partial charge in [-0.15, -0.1) is 0 Å². The number of halogens is 4. The lowest BCUT2D eigenvalue weighted by molar-refractivity contribution is 0.367. The monoisotopic (exact) mass is 334 g/mol. The van der Waals surface area contributed by atoms with Gasteiger partial charge in [0, 0.05) is 16.2 Å². The molecule has 1 aromatic rings. The molecule has 0 atom stereocenters. The molecule has 0 aromatic heterocycles. The quantitative estimate of drug-likeness (QED) is 0.630. The zero-order valence-corrected chi connectivity index (χ0v) is 11.1. The van der Waals surface area contributed by atoms with Gasteiger partial charge in [0.15, 0.2) is 11.6 Å². The Balaban J connectivity index is 3.39. The fourth-order valence-corrected chi connectivity index (χ4v) is 2.53. The molecule has 0 aliphatic carbocycles. The van der Waals surface area contributed by atoms with Crippen LogP contribution in [0.2, 0.25) is 0 Å². The summed E-state index contributed by atoms with van der Waals surface area (Å²) in [6.45, 7) is 0. The summed E-state index contributed by atoms with van der Waals surface area (Å²) in [5, 5.41) is 0. The average Bonchev–Trinajstić information content (AvgIpc) is 2.12. The number of hydrogen-bond donors (Lipinski definition) is 0. The van der Waals surface area contributed by atoms with E-state index in [1.165, 1.54) is 0 Å². The maximum atomic E-state index is 13.3. The first-order chi connectivity index (χ1) is 7.26. The van der Waals surface area contributed by atoms with E-state index in [-0.39, 0.29) is 10.0 Å². The van der Waals surface area contributed by atoms with Crippen molar-refractivity contribution in [2.24, 2.45) is 0 Å². The lowest BCUT2D eigenvalue weighted by Crippen LogP contribution is -2.03. The first kappa shape index (κ1) is 13.7. The van der Waals surface area contributed by atoms with Crippen molar-refractivity contribution in [3.8, 4) is 5.75 Å². The Hall–Kier alpha value is -0.400. The largest absolute Gasteiger partial charge is 0.493 e. The van der Waals surface area contributed by atoms with Crippen LogP contribution in [0.3, 0.4) is 0 Å². The minimum atomic E-state index is -3.87. The first-order valence-corrected chi connectivity index (χ1v) is 7.16. The van der Waals surface area contributed by atoms with E-state index >= 15 is 0 Å². The van der Waals surface area contributed by atoms with Crippen LogP contribution in [0.5, 0.6) is 5.75 Å². The third-order valence-corrected chi connectivity index (χ3v) is 3.29. The Bertz CT molecular complexity index is 519. The summed E-state index contributed by atoms with van der Waals surface area (Å²) in [5.41, 5.74) is -0.0525. The molecule has 0 unspecified atom stereocenters. The summed E-state index contributed by atoms with van der Waals surface area (Å²) in [4.78, 5) is 0. The van der Waals surface area contributed by atoms with Gasteiger partial charge in [-0.25, -0.2) is 12.8 Å². The molecule has 0 aliphatic rings. The van der Waals surface area contributed by atoms with Crippen molar-refractivity contribution in [1.29, 1.82) is 0 Å². The van der Waals surface area contributed by atoms with E-state index in [4.69, 9.17) is 10.7 Å². The molecule has 0 saturated heterocycles. The fourth-order valence-electron chi connectivity index (χ4n) is 1.14. The van der Waals surface area contributed by atoms with Gasteiger partial charge in [0.05, 0.1) is 17.3 Å². The van der Waals surface area contributed by atoms with Crippen LogP contribution in [0, 0.1) is 11.6 Å². The Kier molecular flexibility index (Phi) is 4.14. The highest BCUT2D eigenvalue weighted by Gasteiger charge is 2.21. The van der Waals surface area contributed by atoms with Crippen LogP contribution >= 0.6 is 26.6 Å². The molecule has 0 bridgehead atoms. The second kappa shape index (κ2) is 4.85. The average molecular weight is 336 g/mol. The highest BCUT2D eigenvalue weighted by Crippen LogP contribution is 2.32. The SMILES string of the molecule is COc1c(CS(=O)(=O)Cl)cc(Br)c(F)c1F. The molecule has 0 N–H and O–H groups in total. The molecular weight excluding hydrogens is 330 g/mol. The number of ether oxygens (including phenoxy) is 1. The van der Waals surface area contributed by atoms with Crippen LogP contribution in [-0.4, -0.2) is 15.5 Å². The summed E-state index contributed by atoms with van der Waals surface area (Å²) in [6, 6.07) is 1.11. The Morgan fingerprint density at radius 2 is 2.00 bits per heavy atom. The molecule has 0 fully saturated rings. The topological polar surface area (TPSA) is 43.4 Å². The van der Waals surface area contributed by atoms with Crippen molar-refractivity contribution in [2.45, 2.75) is 5.75 Å². The molecule has 0 spiro atoms. The van der Waals surface area contributed by atoms with Crippen molar-refractivity contribution in [2.75, 3.05) is 7.11 Å². The predicted molar refractivity (Wildman–Crippen MR) is 59.1 cm³/mol. The fraction of sp³-hybridized carbons (Fsp3) is 0.250. The van der Waals surface area contributed by atoms with E-state index < -0.39 is 32.2 Å². The Morgan fingerprint density at radius 1 is 1.44 bits per heavy atom. The molecule has 1 aromatic carbocycles. The smallest absolute Gasteiger partial charge is 0.236 e. The number of hydrogen-bond acceptors (Lipinski definition) is 3. The molecule has 0 amide bonds. The molecule has 3 nitrogen and oxygen atoms in total. The van der Waals surface area contributed by atoms with Gasteiger partial charge in [-0.05, 0) is 22.0 Å². The highest BCUT2D eigenvalue weighted by atomic mass is 79.9. The molecule has 0 saturated carbocycles. The van der Waals surface area contributed by atoms with E-state index in [1.807, 2.05) is 0 Å². The molecular formula is C8H6BrClF2O3S. The van der Waals surface area contributed by atoms with E-state index in [1.54, 1.807) is 0 Å². The van der Waals surface area contributed by atoms with Gasteiger partial charge < -0.3 is 4.74 Å². The zero-order chi connectivity index (χ0) is 12.5. The van der Waals surface area contributed by atoms with Crippen molar-refractivity contribution in [1.82, 2.24) is 0 Å². The van der Waals surface area contributed by atoms with Crippen LogP contribution in [0.15, 0.2) is 10.5 Å². The third kappa shape index (κ3) is 3.05. The van der Waals surface area contributed by atoms with Gasteiger partial charge in [-0.3, -0.25) is 0 Å². The number of methoxy groups -OCH3 is 1. The maximum absolute atomic E-state index is 13.3. The van der Waals surface area contributed by atoms with Crippen LogP contribution in [-0.2, 0) is 14.8 Å². The van der Waals surface area contributed by atoms with E-state index in [0.29, 0.717) is 0 Å². The Labute approximate surface area is 104 Å². The molecule has 0 aliphatic heterocycles. The molecule has 8 heteroatoms. The summed E-state index contributed by atoms with van der Waals surface area (Å²) >= 11 is 2.76. The maximum Gasteiger partial charge on any atom is 0.236 e. The molecule has 0 heterocycles. The normalized spacial score (nSPS) is 11.6. The van der Waals surface area contributed by atoms with Gasteiger partial charge in [-0.1, -0.05) is 0 Å². The highest BCUT2D eigenvalue weighted by molar-refractivity contribution is 9.10. The minimum absolute atomic E-state index is 0.0525. The van der Waals surface area contributed by atoms with E-state index in [9.17, 15) is 17.2 Å². The van der Waals surface area contributed by atoms with Gasteiger partial charge in [0.25, 0.3) is 0 Å². The number of benzene rings is 1. The van der Waals surface area contributed by atoms with Gasteiger partial charge >= 0.3 is 0 Å². The first-order valence-electron chi connectivity index (χ1n) is 3.89. The predicted octanol–water partition coefficient (Wildman–Crippen LogP) is 2.80. The van der Waals surface area contributed by atoms with Crippen LogP contribution in [0.1, 0.15) is 5.56 Å². The minimum Gasteiger partial charge on any atom is -0.493 e. The lowest BCUT2D eigenvalue weighted by atomic mass is 10.2. The van der Waals surface area contributed by atoms with Crippen LogP contribution in [0.25, 0.3) is 0 Å². The zero-order valence-electron chi connectivity index (χ0n) is 7.93. The molecule has 16 heavy (non-hydrogen) atoms. The summed E-state index contributed by atoms with van der Waals surface area (Å²) in [5.74, 6) is -3.52. The Morgan fingerprint density at radius 3 is 2.44 bits per heavy atom. The second-order valence-corrected chi connectivity index (χ2v) is 6.49. The van der Waals surface area contributed by atoms with Gasteiger partial charge in [0.2, 0.25) is 14.9 Å². The third-order valence-electron chi connectivity index (χ3n) is 1.73. The van der Waals surface area contributed by atoms with Crippen LogP contribution in [0.4, 0.5) is 8.78 Å². The second-order valence-electron chi connectivity index (χ2n) is 2.86. The summed E-state index contributed by atoms with van der Waals surface area (Å²) in [7, 11) is 2.26. The standard InChI is InChI=1S/C8H6BrClF2O3S/c1-15-8-4(3-16(10,13)14)2-5(9)6(11)7(8)12/h2H,3H2,1H3. The van der Waals surface area contributed by atoms with E-state index in [2.05, 4.69) is 20.7 Å². The molecule has 1 rings (SSSR count). The van der Waals surface area contributed by atoms with Crippen LogP contribution < -0.4 is 4.74 Å². The van der Waals surface area contributed by atoms with Crippen molar-refractivity contribution in [3.05, 3.63) is 27.7 Å². The van der Waals surface area contributed by atoms with Crippen molar-refractivity contribution >= 4 is 35.7 Å². The molecule has 0 radical (unpaired) electrons. The van der Waals surface area contributed by atoms with Gasteiger partial charge in [0.1, 0.15) is 0 Å². The van der Waals surface area contributed by atoms with Crippen molar-refractivity contribution in [3.63, 3.8) is 0 Å². The number of rotatable bonds is 3. The molecule has 90 valence electrons. The van der Waals surface area contributed by atoms with E-state index in [0.717, 1.165) is 13.2 Å². The lowest BCUT2D eigenvalue weighted by Gasteiger charge is -2.09.